The third kappa shape index (κ3) is 2.17. The molecule has 5 nitrogen and oxygen atoms in total. The first kappa shape index (κ1) is 17.2. The van der Waals surface area contributed by atoms with Crippen molar-refractivity contribution in [1.29, 1.82) is 0 Å². The summed E-state index contributed by atoms with van der Waals surface area (Å²) in [6, 6.07) is 9.04. The molecular weight excluding hydrogens is 354 g/mol. The number of hydrogen-bond acceptors (Lipinski definition) is 4. The number of aliphatic hydroxyl groups is 1. The number of fused-ring (bicyclic) bond motifs is 4. The summed E-state index contributed by atoms with van der Waals surface area (Å²) in [4.78, 5) is 13.2. The number of alkyl halides is 1. The Morgan fingerprint density at radius 3 is 2.69 bits per heavy atom. The second-order valence-corrected chi connectivity index (χ2v) is 7.64. The summed E-state index contributed by atoms with van der Waals surface area (Å²) >= 11 is 6.48. The van der Waals surface area contributed by atoms with Gasteiger partial charge in [-0.2, -0.15) is 0 Å². The third-order valence-corrected chi connectivity index (χ3v) is 5.93. The van der Waals surface area contributed by atoms with Crippen molar-refractivity contribution in [2.45, 2.75) is 30.9 Å². The summed E-state index contributed by atoms with van der Waals surface area (Å²) in [5.74, 6) is 0.898. The number of benzene rings is 2. The fraction of sp³-hybridized carbons (Fsp3) is 0.350. The number of para-hydroxylation sites is 1. The summed E-state index contributed by atoms with van der Waals surface area (Å²) in [5.41, 5.74) is 0.963. The second-order valence-electron chi connectivity index (χ2n) is 7.17. The Morgan fingerprint density at radius 1 is 1.31 bits per heavy atom. The summed E-state index contributed by atoms with van der Waals surface area (Å²) < 4.78 is 13.5. The Hall–Kier alpha value is -2.24. The fourth-order valence-electron chi connectivity index (χ4n) is 3.82. The molecule has 6 heteroatoms. The van der Waals surface area contributed by atoms with Gasteiger partial charge in [0, 0.05) is 24.1 Å². The van der Waals surface area contributed by atoms with Crippen LogP contribution in [0.15, 0.2) is 35.1 Å². The standard InChI is InChI=1S/C20H20ClNO4/c1-20(2)19(21)18(24)15-13(26-20)9-12(25-4)14-16(15)22(3)11-8-6-5-7-10(11)17(14)23/h5-9,18-19,24H,1-4H3/t18-,19+/m1/s1. The zero-order valence-electron chi connectivity index (χ0n) is 15.0. The molecule has 0 amide bonds. The molecule has 0 saturated carbocycles. The van der Waals surface area contributed by atoms with Gasteiger partial charge in [-0.25, -0.2) is 0 Å². The number of nitrogens with zero attached hydrogens (tertiary/aromatic N) is 1. The number of rotatable bonds is 1. The van der Waals surface area contributed by atoms with E-state index in [2.05, 4.69) is 0 Å². The van der Waals surface area contributed by atoms with E-state index in [0.717, 1.165) is 5.52 Å². The smallest absolute Gasteiger partial charge is 0.200 e. The highest BCUT2D eigenvalue weighted by atomic mass is 35.5. The van der Waals surface area contributed by atoms with Gasteiger partial charge in [-0.15, -0.1) is 11.6 Å². The largest absolute Gasteiger partial charge is 0.496 e. The van der Waals surface area contributed by atoms with Crippen molar-refractivity contribution >= 4 is 33.4 Å². The molecule has 1 aromatic heterocycles. The van der Waals surface area contributed by atoms with Crippen LogP contribution in [0.3, 0.4) is 0 Å². The number of aliphatic hydroxyl groups excluding tert-OH is 1. The predicted molar refractivity (Wildman–Crippen MR) is 103 cm³/mol. The maximum Gasteiger partial charge on any atom is 0.200 e. The molecule has 1 N–H and O–H groups in total. The molecule has 26 heavy (non-hydrogen) atoms. The van der Waals surface area contributed by atoms with E-state index < -0.39 is 17.1 Å². The number of aromatic nitrogens is 1. The van der Waals surface area contributed by atoms with Crippen molar-refractivity contribution < 1.29 is 14.6 Å². The molecule has 1 aliphatic heterocycles. The minimum Gasteiger partial charge on any atom is -0.496 e. The van der Waals surface area contributed by atoms with Crippen LogP contribution in [0.4, 0.5) is 0 Å². The molecule has 0 bridgehead atoms. The highest BCUT2D eigenvalue weighted by molar-refractivity contribution is 6.22. The average Bonchev–Trinajstić information content (AvgIpc) is 2.62. The van der Waals surface area contributed by atoms with Gasteiger partial charge in [0.15, 0.2) is 0 Å². The van der Waals surface area contributed by atoms with Gasteiger partial charge in [-0.1, -0.05) is 12.1 Å². The normalized spacial score (nSPS) is 21.5. The Labute approximate surface area is 155 Å². The lowest BCUT2D eigenvalue weighted by Gasteiger charge is -2.40. The van der Waals surface area contributed by atoms with Gasteiger partial charge in [-0.3, -0.25) is 4.79 Å². The van der Waals surface area contributed by atoms with Crippen molar-refractivity contribution in [2.24, 2.45) is 7.05 Å². The van der Waals surface area contributed by atoms with E-state index in [1.807, 2.05) is 43.7 Å². The second kappa shape index (κ2) is 5.63. The van der Waals surface area contributed by atoms with Crippen molar-refractivity contribution in [3.63, 3.8) is 0 Å². The van der Waals surface area contributed by atoms with Gasteiger partial charge in [0.05, 0.1) is 23.5 Å². The Kier molecular flexibility index (Phi) is 3.72. The average molecular weight is 374 g/mol. The van der Waals surface area contributed by atoms with Crippen molar-refractivity contribution in [3.8, 4) is 11.5 Å². The van der Waals surface area contributed by atoms with Crippen LogP contribution in [-0.2, 0) is 7.05 Å². The molecule has 0 saturated heterocycles. The highest BCUT2D eigenvalue weighted by Gasteiger charge is 2.44. The van der Waals surface area contributed by atoms with Crippen LogP contribution >= 0.6 is 11.6 Å². The fourth-order valence-corrected chi connectivity index (χ4v) is 3.99. The maximum atomic E-state index is 13.2. The summed E-state index contributed by atoms with van der Waals surface area (Å²) in [6.45, 7) is 3.65. The number of pyridine rings is 1. The Bertz CT molecular complexity index is 1100. The van der Waals surface area contributed by atoms with Gasteiger partial charge >= 0.3 is 0 Å². The zero-order chi connectivity index (χ0) is 18.8. The molecule has 0 unspecified atom stereocenters. The number of aryl methyl sites for hydroxylation is 1. The van der Waals surface area contributed by atoms with E-state index in [1.165, 1.54) is 7.11 Å². The molecule has 0 aliphatic carbocycles. The highest BCUT2D eigenvalue weighted by Crippen LogP contribution is 2.47. The predicted octanol–water partition coefficient (Wildman–Crippen LogP) is 3.51. The first-order valence-corrected chi connectivity index (χ1v) is 8.85. The SMILES string of the molecule is COc1cc2c(c3c1c(=O)c1ccccc1n3C)[C@@H](O)[C@H](Cl)C(C)(C)O2. The van der Waals surface area contributed by atoms with Gasteiger partial charge in [0.1, 0.15) is 28.6 Å². The number of halogens is 1. The van der Waals surface area contributed by atoms with E-state index >= 15 is 0 Å². The van der Waals surface area contributed by atoms with E-state index in [9.17, 15) is 9.90 Å². The van der Waals surface area contributed by atoms with Crippen molar-refractivity contribution in [1.82, 2.24) is 4.57 Å². The van der Waals surface area contributed by atoms with E-state index in [0.29, 0.717) is 33.4 Å². The van der Waals surface area contributed by atoms with Gasteiger partial charge in [0.2, 0.25) is 5.43 Å². The molecule has 0 spiro atoms. The summed E-state index contributed by atoms with van der Waals surface area (Å²) in [5, 5.41) is 11.3. The molecule has 3 aromatic rings. The molecule has 1 aliphatic rings. The van der Waals surface area contributed by atoms with Crippen molar-refractivity contribution in [3.05, 3.63) is 46.1 Å². The Morgan fingerprint density at radius 2 is 2.00 bits per heavy atom. The van der Waals surface area contributed by atoms with Crippen LogP contribution in [0.1, 0.15) is 25.5 Å². The van der Waals surface area contributed by atoms with Crippen LogP contribution in [0.5, 0.6) is 11.5 Å². The first-order valence-electron chi connectivity index (χ1n) is 8.41. The topological polar surface area (TPSA) is 60.7 Å². The maximum absolute atomic E-state index is 13.2. The zero-order valence-corrected chi connectivity index (χ0v) is 15.8. The van der Waals surface area contributed by atoms with E-state index in [4.69, 9.17) is 21.1 Å². The van der Waals surface area contributed by atoms with Gasteiger partial charge in [-0.05, 0) is 26.0 Å². The molecule has 2 atom stereocenters. The third-order valence-electron chi connectivity index (χ3n) is 5.17. The molecular formula is C20H20ClNO4. The number of ether oxygens (including phenoxy) is 2. The van der Waals surface area contributed by atoms with Crippen molar-refractivity contribution in [2.75, 3.05) is 7.11 Å². The van der Waals surface area contributed by atoms with Crippen LogP contribution in [0.2, 0.25) is 0 Å². The summed E-state index contributed by atoms with van der Waals surface area (Å²) in [7, 11) is 3.38. The van der Waals surface area contributed by atoms with Crippen LogP contribution in [0, 0.1) is 0 Å². The lowest BCUT2D eigenvalue weighted by molar-refractivity contribution is 0.0177. The Balaban J connectivity index is 2.25. The van der Waals surface area contributed by atoms with E-state index in [-0.39, 0.29) is 5.43 Å². The molecule has 136 valence electrons. The monoisotopic (exact) mass is 373 g/mol. The minimum absolute atomic E-state index is 0.142. The van der Waals surface area contributed by atoms with Crippen LogP contribution in [-0.4, -0.2) is 27.8 Å². The molecule has 0 radical (unpaired) electrons. The molecule has 2 heterocycles. The van der Waals surface area contributed by atoms with Gasteiger partial charge < -0.3 is 19.1 Å². The lowest BCUT2D eigenvalue weighted by atomic mass is 9.89. The van der Waals surface area contributed by atoms with Crippen LogP contribution in [0.25, 0.3) is 21.8 Å². The molecule has 4 rings (SSSR count). The van der Waals surface area contributed by atoms with E-state index in [1.54, 1.807) is 12.1 Å². The molecule has 0 fully saturated rings. The number of methoxy groups -OCH3 is 1. The van der Waals surface area contributed by atoms with Gasteiger partial charge in [0.25, 0.3) is 0 Å². The summed E-state index contributed by atoms with van der Waals surface area (Å²) in [6.07, 6.45) is -0.976. The van der Waals surface area contributed by atoms with Crippen LogP contribution < -0.4 is 14.9 Å². The minimum atomic E-state index is -0.976. The number of hydrogen-bond donors (Lipinski definition) is 1. The molecule has 2 aromatic carbocycles. The lowest BCUT2D eigenvalue weighted by Crippen LogP contribution is -2.46. The quantitative estimate of drug-likeness (QED) is 0.523. The first-order chi connectivity index (χ1) is 12.3.